The van der Waals surface area contributed by atoms with Crippen LogP contribution in [0.3, 0.4) is 0 Å². The van der Waals surface area contributed by atoms with E-state index >= 15 is 0 Å². The quantitative estimate of drug-likeness (QED) is 0.618. The molecule has 3 rings (SSSR count). The van der Waals surface area contributed by atoms with Gasteiger partial charge in [-0.3, -0.25) is 9.59 Å². The second-order valence-corrected chi connectivity index (χ2v) is 7.63. The van der Waals surface area contributed by atoms with E-state index in [0.717, 1.165) is 35.3 Å². The summed E-state index contributed by atoms with van der Waals surface area (Å²) in [6.07, 6.45) is 5.01. The molecule has 2 aliphatic heterocycles. The maximum atomic E-state index is 11.1. The van der Waals surface area contributed by atoms with Crippen molar-refractivity contribution in [3.05, 3.63) is 46.8 Å². The molecule has 0 bridgehead atoms. The number of benzene rings is 1. The SMILES string of the molecule is CN1/C(=C\C=O)C(C)(C)c2cc3c(cc21)C(C)(C)/C(=C/C=O)N3C. The maximum absolute atomic E-state index is 11.1. The molecule has 0 saturated heterocycles. The standard InChI is InChI=1S/C20H24N2O2/c1-19(2)13-11-16-14(12-15(13)21(5)17(19)7-9-23)20(3,4)18(8-10-24)22(16)6/h7-12H,1-6H3/b17-7-,18-8-. The van der Waals surface area contributed by atoms with Gasteiger partial charge in [-0.2, -0.15) is 0 Å². The molecule has 0 aromatic heterocycles. The van der Waals surface area contributed by atoms with Crippen LogP contribution in [-0.2, 0) is 20.4 Å². The van der Waals surface area contributed by atoms with E-state index in [1.165, 1.54) is 11.1 Å². The van der Waals surface area contributed by atoms with Gasteiger partial charge in [0.05, 0.1) is 0 Å². The lowest BCUT2D eigenvalue weighted by atomic mass is 9.80. The van der Waals surface area contributed by atoms with E-state index in [1.54, 1.807) is 12.2 Å². The van der Waals surface area contributed by atoms with Crippen molar-refractivity contribution in [3.8, 4) is 0 Å². The first kappa shape index (κ1) is 16.5. The highest BCUT2D eigenvalue weighted by atomic mass is 16.1. The number of rotatable bonds is 2. The molecule has 0 aliphatic carbocycles. The van der Waals surface area contributed by atoms with Crippen molar-refractivity contribution in [1.82, 2.24) is 0 Å². The smallest absolute Gasteiger partial charge is 0.144 e. The topological polar surface area (TPSA) is 40.6 Å². The van der Waals surface area contributed by atoms with Gasteiger partial charge in [0, 0.05) is 47.7 Å². The molecular weight excluding hydrogens is 300 g/mol. The molecule has 126 valence electrons. The second-order valence-electron chi connectivity index (χ2n) is 7.63. The van der Waals surface area contributed by atoms with Gasteiger partial charge in [-0.15, -0.1) is 0 Å². The predicted octanol–water partition coefficient (Wildman–Crippen LogP) is 3.31. The molecule has 0 fully saturated rings. The third kappa shape index (κ3) is 1.92. The van der Waals surface area contributed by atoms with Crippen LogP contribution >= 0.6 is 0 Å². The number of aldehydes is 2. The Bertz CT molecular complexity index is 732. The number of nitrogens with zero attached hydrogens (tertiary/aromatic N) is 2. The maximum Gasteiger partial charge on any atom is 0.144 e. The van der Waals surface area contributed by atoms with Gasteiger partial charge in [0.15, 0.2) is 0 Å². The summed E-state index contributed by atoms with van der Waals surface area (Å²) in [7, 11) is 4.01. The van der Waals surface area contributed by atoms with Crippen LogP contribution < -0.4 is 9.80 Å². The Labute approximate surface area is 143 Å². The van der Waals surface area contributed by atoms with Crippen molar-refractivity contribution >= 4 is 23.9 Å². The molecule has 2 heterocycles. The fraction of sp³-hybridized carbons (Fsp3) is 0.400. The second kappa shape index (κ2) is 5.07. The summed E-state index contributed by atoms with van der Waals surface area (Å²) in [6, 6.07) is 4.42. The molecule has 0 saturated carbocycles. The summed E-state index contributed by atoms with van der Waals surface area (Å²) in [5.74, 6) is 0. The highest BCUT2D eigenvalue weighted by molar-refractivity contribution is 5.84. The molecule has 0 unspecified atom stereocenters. The van der Waals surface area contributed by atoms with Crippen LogP contribution in [0.2, 0.25) is 0 Å². The molecule has 1 aromatic carbocycles. The molecule has 0 amide bonds. The molecule has 0 radical (unpaired) electrons. The number of allylic oxidation sites excluding steroid dienone is 4. The zero-order valence-corrected chi connectivity index (χ0v) is 15.2. The Balaban J connectivity index is 2.27. The van der Waals surface area contributed by atoms with Crippen LogP contribution in [0.5, 0.6) is 0 Å². The summed E-state index contributed by atoms with van der Waals surface area (Å²) in [6.45, 7) is 8.55. The van der Waals surface area contributed by atoms with Gasteiger partial charge < -0.3 is 9.80 Å². The molecule has 0 atom stereocenters. The molecule has 24 heavy (non-hydrogen) atoms. The number of fused-ring (bicyclic) bond motifs is 2. The summed E-state index contributed by atoms with van der Waals surface area (Å²) >= 11 is 0. The average Bonchev–Trinajstić information content (AvgIpc) is 2.82. The Kier molecular flexibility index (Phi) is 3.48. The zero-order valence-electron chi connectivity index (χ0n) is 15.2. The summed E-state index contributed by atoms with van der Waals surface area (Å²) < 4.78 is 0. The van der Waals surface area contributed by atoms with Gasteiger partial charge >= 0.3 is 0 Å². The van der Waals surface area contributed by atoms with E-state index in [4.69, 9.17) is 0 Å². The van der Waals surface area contributed by atoms with Crippen molar-refractivity contribution in [2.75, 3.05) is 23.9 Å². The first-order valence-corrected chi connectivity index (χ1v) is 8.16. The largest absolute Gasteiger partial charge is 0.347 e. The summed E-state index contributed by atoms with van der Waals surface area (Å²) in [5.41, 5.74) is 6.19. The molecule has 4 nitrogen and oxygen atoms in total. The Morgan fingerprint density at radius 3 is 1.38 bits per heavy atom. The fourth-order valence-corrected chi connectivity index (χ4v) is 4.28. The molecule has 1 aromatic rings. The van der Waals surface area contributed by atoms with E-state index < -0.39 is 0 Å². The molecule has 4 heteroatoms. The van der Waals surface area contributed by atoms with Gasteiger partial charge in [-0.25, -0.2) is 0 Å². The van der Waals surface area contributed by atoms with E-state index in [1.807, 2.05) is 14.1 Å². The minimum Gasteiger partial charge on any atom is -0.347 e. The summed E-state index contributed by atoms with van der Waals surface area (Å²) in [4.78, 5) is 26.3. The molecule has 0 spiro atoms. The Hall–Kier alpha value is -2.36. The number of anilines is 2. The van der Waals surface area contributed by atoms with Crippen molar-refractivity contribution in [2.24, 2.45) is 0 Å². The lowest BCUT2D eigenvalue weighted by Crippen LogP contribution is -2.24. The average molecular weight is 324 g/mol. The molecule has 0 N–H and O–H groups in total. The first-order valence-electron chi connectivity index (χ1n) is 8.16. The van der Waals surface area contributed by atoms with Crippen LogP contribution in [0.4, 0.5) is 11.4 Å². The predicted molar refractivity (Wildman–Crippen MR) is 97.6 cm³/mol. The minimum atomic E-state index is -0.234. The van der Waals surface area contributed by atoms with Crippen LogP contribution in [0, 0.1) is 0 Å². The number of hydrogen-bond acceptors (Lipinski definition) is 4. The van der Waals surface area contributed by atoms with E-state index in [-0.39, 0.29) is 10.8 Å². The number of hydrogen-bond donors (Lipinski definition) is 0. The number of carbonyl (C=O) groups is 2. The van der Waals surface area contributed by atoms with Crippen molar-refractivity contribution in [3.63, 3.8) is 0 Å². The van der Waals surface area contributed by atoms with Crippen LogP contribution in [0.1, 0.15) is 38.8 Å². The van der Waals surface area contributed by atoms with Gasteiger partial charge in [0.25, 0.3) is 0 Å². The third-order valence-electron chi connectivity index (χ3n) is 5.64. The monoisotopic (exact) mass is 324 g/mol. The summed E-state index contributed by atoms with van der Waals surface area (Å²) in [5, 5.41) is 0. The zero-order chi connectivity index (χ0) is 17.9. The number of likely N-dealkylation sites (N-methyl/N-ethyl adjacent to an activating group) is 2. The van der Waals surface area contributed by atoms with Gasteiger partial charge in [0.1, 0.15) is 12.6 Å². The van der Waals surface area contributed by atoms with Crippen LogP contribution in [-0.4, -0.2) is 26.7 Å². The lowest BCUT2D eigenvalue weighted by Gasteiger charge is -2.24. The highest BCUT2D eigenvalue weighted by Crippen LogP contribution is 2.54. The van der Waals surface area contributed by atoms with Gasteiger partial charge in [0.2, 0.25) is 0 Å². The Morgan fingerprint density at radius 1 is 0.750 bits per heavy atom. The van der Waals surface area contributed by atoms with E-state index in [0.29, 0.717) is 0 Å². The van der Waals surface area contributed by atoms with Crippen LogP contribution in [0.25, 0.3) is 0 Å². The fourth-order valence-electron chi connectivity index (χ4n) is 4.28. The van der Waals surface area contributed by atoms with Crippen molar-refractivity contribution in [1.29, 1.82) is 0 Å². The third-order valence-corrected chi connectivity index (χ3v) is 5.64. The highest BCUT2D eigenvalue weighted by Gasteiger charge is 2.44. The van der Waals surface area contributed by atoms with Gasteiger partial charge in [-0.05, 0) is 35.4 Å². The first-order chi connectivity index (χ1) is 11.2. The van der Waals surface area contributed by atoms with Gasteiger partial charge in [-0.1, -0.05) is 27.7 Å². The lowest BCUT2D eigenvalue weighted by molar-refractivity contribution is -0.104. The van der Waals surface area contributed by atoms with Crippen LogP contribution in [0.15, 0.2) is 35.7 Å². The Morgan fingerprint density at radius 2 is 1.08 bits per heavy atom. The minimum absolute atomic E-state index is 0.234. The molecular formula is C20H24N2O2. The molecule has 2 aliphatic rings. The van der Waals surface area contributed by atoms with E-state index in [9.17, 15) is 9.59 Å². The van der Waals surface area contributed by atoms with E-state index in [2.05, 4.69) is 49.6 Å². The number of carbonyl (C=O) groups excluding carboxylic acids is 2. The normalized spacial score (nSPS) is 23.6. The van der Waals surface area contributed by atoms with Crippen molar-refractivity contribution in [2.45, 2.75) is 38.5 Å². The van der Waals surface area contributed by atoms with Crippen molar-refractivity contribution < 1.29 is 9.59 Å².